The number of hydrogen-bond donors (Lipinski definition) is 1. The Morgan fingerprint density at radius 1 is 1.33 bits per heavy atom. The first-order valence-corrected chi connectivity index (χ1v) is 7.09. The van der Waals surface area contributed by atoms with E-state index >= 15 is 0 Å². The van der Waals surface area contributed by atoms with Crippen molar-refractivity contribution in [2.75, 3.05) is 13.2 Å². The summed E-state index contributed by atoms with van der Waals surface area (Å²) in [5.41, 5.74) is 1.38. The molecule has 1 atom stereocenters. The Morgan fingerprint density at radius 3 is 2.48 bits per heavy atom. The number of esters is 1. The zero-order valence-corrected chi connectivity index (χ0v) is 13.0. The van der Waals surface area contributed by atoms with E-state index in [9.17, 15) is 9.90 Å². The minimum absolute atomic E-state index is 0.0704. The van der Waals surface area contributed by atoms with Gasteiger partial charge >= 0.3 is 5.97 Å². The summed E-state index contributed by atoms with van der Waals surface area (Å²) in [4.78, 5) is 10.9. The van der Waals surface area contributed by atoms with Crippen LogP contribution in [0.4, 0.5) is 0 Å². The Labute approximate surface area is 126 Å². The van der Waals surface area contributed by atoms with E-state index in [0.717, 1.165) is 12.5 Å². The lowest BCUT2D eigenvalue weighted by Crippen LogP contribution is -2.24. The van der Waals surface area contributed by atoms with E-state index < -0.39 is 12.1 Å². The Balaban J connectivity index is 2.46. The molecule has 0 amide bonds. The molecule has 0 saturated heterocycles. The molecule has 1 unspecified atom stereocenters. The molecule has 0 heterocycles. The third-order valence-electron chi connectivity index (χ3n) is 3.55. The number of aliphatic hydroxyl groups excluding tert-OH is 1. The molecule has 116 valence electrons. The number of benzene rings is 1. The van der Waals surface area contributed by atoms with Gasteiger partial charge in [-0.1, -0.05) is 39.5 Å². The number of rotatable bonds is 8. The summed E-state index contributed by atoms with van der Waals surface area (Å²) in [7, 11) is 0. The van der Waals surface area contributed by atoms with E-state index in [1.807, 2.05) is 24.3 Å². The van der Waals surface area contributed by atoms with Crippen molar-refractivity contribution in [3.05, 3.63) is 42.5 Å². The first-order chi connectivity index (χ1) is 9.89. The Kier molecular flexibility index (Phi) is 6.43. The number of aliphatic hydroxyl groups is 1. The second kappa shape index (κ2) is 7.84. The van der Waals surface area contributed by atoms with Crippen molar-refractivity contribution in [3.63, 3.8) is 0 Å². The van der Waals surface area contributed by atoms with E-state index in [1.54, 1.807) is 0 Å². The minimum Gasteiger partial charge on any atom is -0.491 e. The van der Waals surface area contributed by atoms with Crippen molar-refractivity contribution >= 4 is 5.97 Å². The molecular weight excluding hydrogens is 268 g/mol. The fraction of sp³-hybridized carbons (Fsp3) is 0.471. The average Bonchev–Trinajstić information content (AvgIpc) is 2.50. The zero-order valence-electron chi connectivity index (χ0n) is 13.0. The second-order valence-electron chi connectivity index (χ2n) is 5.56. The summed E-state index contributed by atoms with van der Waals surface area (Å²) < 4.78 is 10.2. The monoisotopic (exact) mass is 292 g/mol. The fourth-order valence-corrected chi connectivity index (χ4v) is 1.68. The van der Waals surface area contributed by atoms with Crippen molar-refractivity contribution in [1.29, 1.82) is 0 Å². The lowest BCUT2D eigenvalue weighted by Gasteiger charge is -2.23. The van der Waals surface area contributed by atoms with E-state index in [0.29, 0.717) is 5.75 Å². The van der Waals surface area contributed by atoms with Crippen LogP contribution in [-0.4, -0.2) is 30.4 Å². The van der Waals surface area contributed by atoms with Crippen molar-refractivity contribution in [2.24, 2.45) is 0 Å². The van der Waals surface area contributed by atoms with Gasteiger partial charge in [-0.05, 0) is 29.5 Å². The van der Waals surface area contributed by atoms with Gasteiger partial charge in [-0.15, -0.1) is 0 Å². The van der Waals surface area contributed by atoms with Crippen LogP contribution in [0, 0.1) is 0 Å². The van der Waals surface area contributed by atoms with Crippen LogP contribution in [0.15, 0.2) is 36.9 Å². The predicted octanol–water partition coefficient (Wildman–Crippen LogP) is 2.84. The molecule has 1 aromatic rings. The summed E-state index contributed by atoms with van der Waals surface area (Å²) in [5, 5.41) is 9.64. The van der Waals surface area contributed by atoms with Crippen LogP contribution >= 0.6 is 0 Å². The third-order valence-corrected chi connectivity index (χ3v) is 3.55. The highest BCUT2D eigenvalue weighted by molar-refractivity contribution is 5.81. The lowest BCUT2D eigenvalue weighted by atomic mass is 9.82. The molecule has 1 aromatic carbocycles. The molecule has 1 rings (SSSR count). The van der Waals surface area contributed by atoms with Crippen molar-refractivity contribution < 1.29 is 19.4 Å². The molecule has 4 heteroatoms. The predicted molar refractivity (Wildman–Crippen MR) is 82.4 cm³/mol. The molecule has 0 aromatic heterocycles. The van der Waals surface area contributed by atoms with Crippen LogP contribution in [0.1, 0.15) is 32.8 Å². The maximum Gasteiger partial charge on any atom is 0.330 e. The summed E-state index contributed by atoms with van der Waals surface area (Å²) in [6.45, 7) is 9.79. The van der Waals surface area contributed by atoms with E-state index in [-0.39, 0.29) is 18.6 Å². The summed E-state index contributed by atoms with van der Waals surface area (Å²) in [5.74, 6) is 0.125. The van der Waals surface area contributed by atoms with E-state index in [4.69, 9.17) is 9.47 Å². The minimum atomic E-state index is -0.861. The van der Waals surface area contributed by atoms with Gasteiger partial charge < -0.3 is 14.6 Å². The maximum absolute atomic E-state index is 10.9. The van der Waals surface area contributed by atoms with Crippen LogP contribution in [0.3, 0.4) is 0 Å². The van der Waals surface area contributed by atoms with Crippen molar-refractivity contribution in [2.45, 2.75) is 38.7 Å². The van der Waals surface area contributed by atoms with E-state index in [1.165, 1.54) is 5.56 Å². The number of ether oxygens (including phenoxy) is 2. The molecule has 0 aliphatic carbocycles. The van der Waals surface area contributed by atoms with Crippen molar-refractivity contribution in [1.82, 2.24) is 0 Å². The van der Waals surface area contributed by atoms with Gasteiger partial charge in [0.2, 0.25) is 0 Å². The molecule has 0 aliphatic heterocycles. The molecule has 4 nitrogen and oxygen atoms in total. The van der Waals surface area contributed by atoms with Gasteiger partial charge in [0.25, 0.3) is 0 Å². The third kappa shape index (κ3) is 5.60. The molecule has 0 radical (unpaired) electrons. The van der Waals surface area contributed by atoms with Gasteiger partial charge in [0.1, 0.15) is 25.1 Å². The molecular formula is C17H24O4. The second-order valence-corrected chi connectivity index (χ2v) is 5.56. The Morgan fingerprint density at radius 2 is 1.95 bits per heavy atom. The van der Waals surface area contributed by atoms with Gasteiger partial charge in [-0.3, -0.25) is 0 Å². The first kappa shape index (κ1) is 17.2. The summed E-state index contributed by atoms with van der Waals surface area (Å²) in [6, 6.07) is 7.83. The molecule has 0 fully saturated rings. The summed E-state index contributed by atoms with van der Waals surface area (Å²) in [6.07, 6.45) is 1.25. The highest BCUT2D eigenvalue weighted by Gasteiger charge is 2.17. The van der Waals surface area contributed by atoms with Gasteiger partial charge in [0, 0.05) is 6.08 Å². The topological polar surface area (TPSA) is 55.8 Å². The van der Waals surface area contributed by atoms with Gasteiger partial charge in [-0.2, -0.15) is 0 Å². The molecule has 0 aliphatic rings. The molecule has 0 saturated carbocycles. The Bertz CT molecular complexity index is 462. The van der Waals surface area contributed by atoms with Crippen LogP contribution in [0.5, 0.6) is 5.75 Å². The van der Waals surface area contributed by atoms with Crippen LogP contribution < -0.4 is 4.74 Å². The number of carbonyl (C=O) groups excluding carboxylic acids is 1. The normalized spacial score (nSPS) is 12.6. The van der Waals surface area contributed by atoms with Gasteiger partial charge in [0.05, 0.1) is 0 Å². The van der Waals surface area contributed by atoms with E-state index in [2.05, 4.69) is 27.4 Å². The largest absolute Gasteiger partial charge is 0.491 e. The smallest absolute Gasteiger partial charge is 0.330 e. The zero-order chi connectivity index (χ0) is 15.9. The SMILES string of the molecule is C=CC(=O)OCC(O)COc1ccc(C(C)(C)CC)cc1. The summed E-state index contributed by atoms with van der Waals surface area (Å²) >= 11 is 0. The highest BCUT2D eigenvalue weighted by Crippen LogP contribution is 2.28. The molecule has 21 heavy (non-hydrogen) atoms. The maximum atomic E-state index is 10.9. The molecule has 1 N–H and O–H groups in total. The molecule has 0 spiro atoms. The van der Waals surface area contributed by atoms with Gasteiger partial charge in [0.15, 0.2) is 0 Å². The quantitative estimate of drug-likeness (QED) is 0.591. The standard InChI is InChI=1S/C17H24O4/c1-5-16(19)21-12-14(18)11-20-15-9-7-13(8-10-15)17(3,4)6-2/h5,7-10,14,18H,1,6,11-12H2,2-4H3. The number of carbonyl (C=O) groups is 1. The Hall–Kier alpha value is -1.81. The van der Waals surface area contributed by atoms with Gasteiger partial charge in [-0.25, -0.2) is 4.79 Å². The first-order valence-electron chi connectivity index (χ1n) is 7.09. The van der Waals surface area contributed by atoms with Crippen molar-refractivity contribution in [3.8, 4) is 5.75 Å². The van der Waals surface area contributed by atoms with Crippen LogP contribution in [-0.2, 0) is 14.9 Å². The molecule has 0 bridgehead atoms. The lowest BCUT2D eigenvalue weighted by molar-refractivity contribution is -0.141. The van der Waals surface area contributed by atoms with Crippen LogP contribution in [0.25, 0.3) is 0 Å². The van der Waals surface area contributed by atoms with Crippen LogP contribution in [0.2, 0.25) is 0 Å². The highest BCUT2D eigenvalue weighted by atomic mass is 16.5. The fourth-order valence-electron chi connectivity index (χ4n) is 1.68. The average molecular weight is 292 g/mol. The number of hydrogen-bond acceptors (Lipinski definition) is 4.